The largest absolute Gasteiger partial charge is 0.453 e. The Bertz CT molecular complexity index is 660. The molecule has 0 aromatic heterocycles. The van der Waals surface area contributed by atoms with Crippen molar-refractivity contribution >= 4 is 29.2 Å². The van der Waals surface area contributed by atoms with Crippen LogP contribution in [0.5, 0.6) is 0 Å². The summed E-state index contributed by atoms with van der Waals surface area (Å²) in [5.41, 5.74) is 0.903. The molecule has 1 atom stereocenters. The fourth-order valence-electron chi connectivity index (χ4n) is 1.75. The number of amides is 1. The smallest absolute Gasteiger partial charge is 0.340 e. The zero-order valence-electron chi connectivity index (χ0n) is 11.5. The number of esters is 1. The van der Waals surface area contributed by atoms with Crippen LogP contribution in [0.2, 0.25) is 5.02 Å². The van der Waals surface area contributed by atoms with E-state index in [9.17, 15) is 14.7 Å². The Morgan fingerprint density at radius 2 is 1.86 bits per heavy atom. The molecule has 0 unspecified atom stereocenters. The van der Waals surface area contributed by atoms with E-state index in [1.54, 1.807) is 54.6 Å². The van der Waals surface area contributed by atoms with Gasteiger partial charge in [-0.2, -0.15) is 0 Å². The predicted molar refractivity (Wildman–Crippen MR) is 82.4 cm³/mol. The summed E-state index contributed by atoms with van der Waals surface area (Å²) < 4.78 is 4.79. The maximum Gasteiger partial charge on any atom is 0.340 e. The van der Waals surface area contributed by atoms with E-state index in [0.717, 1.165) is 0 Å². The minimum absolute atomic E-state index is 0.405. The third kappa shape index (κ3) is 4.58. The molecule has 114 valence electrons. The molecule has 2 rings (SSSR count). The number of benzene rings is 2. The van der Waals surface area contributed by atoms with Crippen molar-refractivity contribution in [3.8, 4) is 0 Å². The summed E-state index contributed by atoms with van der Waals surface area (Å²) in [4.78, 5) is 23.4. The van der Waals surface area contributed by atoms with Gasteiger partial charge in [0.1, 0.15) is 0 Å². The van der Waals surface area contributed by atoms with Crippen LogP contribution in [0.1, 0.15) is 11.7 Å². The van der Waals surface area contributed by atoms with E-state index in [-0.39, 0.29) is 0 Å². The van der Waals surface area contributed by atoms with E-state index in [1.165, 1.54) is 0 Å². The molecule has 0 radical (unpaired) electrons. The van der Waals surface area contributed by atoms with Crippen LogP contribution in [0.3, 0.4) is 0 Å². The number of ether oxygens (including phenoxy) is 1. The average Bonchev–Trinajstić information content (AvgIpc) is 2.52. The van der Waals surface area contributed by atoms with Gasteiger partial charge in [-0.05, 0) is 23.8 Å². The molecule has 0 fully saturated rings. The number of aliphatic hydroxyl groups is 1. The summed E-state index contributed by atoms with van der Waals surface area (Å²) in [5.74, 6) is -1.40. The summed E-state index contributed by atoms with van der Waals surface area (Å²) in [7, 11) is 0. The normalized spacial score (nSPS) is 11.5. The molecule has 0 spiro atoms. The monoisotopic (exact) mass is 319 g/mol. The molecule has 0 bridgehead atoms. The number of hydrogen-bond donors (Lipinski definition) is 2. The minimum atomic E-state index is -1.42. The van der Waals surface area contributed by atoms with Crippen LogP contribution >= 0.6 is 11.6 Å². The molecule has 6 heteroatoms. The van der Waals surface area contributed by atoms with Crippen LogP contribution < -0.4 is 5.32 Å². The van der Waals surface area contributed by atoms with E-state index in [0.29, 0.717) is 16.3 Å². The number of aliphatic hydroxyl groups excluding tert-OH is 1. The van der Waals surface area contributed by atoms with Gasteiger partial charge in [0.05, 0.1) is 0 Å². The minimum Gasteiger partial charge on any atom is -0.453 e. The first-order chi connectivity index (χ1) is 10.6. The van der Waals surface area contributed by atoms with Crippen molar-refractivity contribution in [1.82, 2.24) is 0 Å². The lowest BCUT2D eigenvalue weighted by molar-refractivity contribution is -0.156. The van der Waals surface area contributed by atoms with E-state index in [4.69, 9.17) is 16.3 Å². The van der Waals surface area contributed by atoms with Gasteiger partial charge in [0.15, 0.2) is 12.7 Å². The number of rotatable bonds is 5. The Morgan fingerprint density at radius 1 is 1.14 bits per heavy atom. The standard InChI is InChI=1S/C16H14ClNO4/c17-12-7-4-8-13(9-12)18-14(19)10-22-16(21)15(20)11-5-2-1-3-6-11/h1-9,15,20H,10H2,(H,18,19)/t15-/m0/s1. The molecule has 1 amide bonds. The molecule has 5 nitrogen and oxygen atoms in total. The van der Waals surface area contributed by atoms with Crippen molar-refractivity contribution < 1.29 is 19.4 Å². The Kier molecular flexibility index (Phi) is 5.52. The van der Waals surface area contributed by atoms with Crippen molar-refractivity contribution in [3.63, 3.8) is 0 Å². The molecule has 0 saturated carbocycles. The van der Waals surface area contributed by atoms with Crippen molar-refractivity contribution in [2.24, 2.45) is 0 Å². The van der Waals surface area contributed by atoms with Gasteiger partial charge in [0.2, 0.25) is 0 Å². The van der Waals surface area contributed by atoms with Crippen LogP contribution in [0, 0.1) is 0 Å². The molecule has 2 aromatic carbocycles. The summed E-state index contributed by atoms with van der Waals surface area (Å²) in [6.07, 6.45) is -1.42. The van der Waals surface area contributed by atoms with Crippen molar-refractivity contribution in [2.75, 3.05) is 11.9 Å². The molecule has 0 aliphatic heterocycles. The second-order valence-corrected chi connectivity index (χ2v) is 4.92. The van der Waals surface area contributed by atoms with Gasteiger partial charge in [-0.15, -0.1) is 0 Å². The number of anilines is 1. The first kappa shape index (κ1) is 16.0. The van der Waals surface area contributed by atoms with Crippen LogP contribution in [0.4, 0.5) is 5.69 Å². The maximum absolute atomic E-state index is 11.7. The van der Waals surface area contributed by atoms with Gasteiger partial charge < -0.3 is 15.2 Å². The molecule has 0 saturated heterocycles. The third-order valence-electron chi connectivity index (χ3n) is 2.79. The molecule has 2 N–H and O–H groups in total. The van der Waals surface area contributed by atoms with Crippen molar-refractivity contribution in [3.05, 3.63) is 65.2 Å². The zero-order chi connectivity index (χ0) is 15.9. The van der Waals surface area contributed by atoms with Gasteiger partial charge in [-0.3, -0.25) is 4.79 Å². The Labute approximate surface area is 132 Å². The van der Waals surface area contributed by atoms with Crippen LogP contribution in [0.15, 0.2) is 54.6 Å². The highest BCUT2D eigenvalue weighted by molar-refractivity contribution is 6.30. The second kappa shape index (κ2) is 7.59. The highest BCUT2D eigenvalue weighted by Crippen LogP contribution is 2.15. The lowest BCUT2D eigenvalue weighted by atomic mass is 10.1. The number of carbonyl (C=O) groups is 2. The van der Waals surface area contributed by atoms with Gasteiger partial charge >= 0.3 is 5.97 Å². The second-order valence-electron chi connectivity index (χ2n) is 4.48. The van der Waals surface area contributed by atoms with E-state index < -0.39 is 24.6 Å². The molecular formula is C16H14ClNO4. The topological polar surface area (TPSA) is 75.6 Å². The molecule has 0 heterocycles. The number of hydrogen-bond acceptors (Lipinski definition) is 4. The number of halogens is 1. The van der Waals surface area contributed by atoms with Crippen molar-refractivity contribution in [2.45, 2.75) is 6.10 Å². The molecular weight excluding hydrogens is 306 g/mol. The lowest BCUT2D eigenvalue weighted by Gasteiger charge is -2.11. The van der Waals surface area contributed by atoms with Gasteiger partial charge in [0, 0.05) is 10.7 Å². The summed E-state index contributed by atoms with van der Waals surface area (Å²) in [6, 6.07) is 14.9. The molecule has 2 aromatic rings. The van der Waals surface area contributed by atoms with Crippen molar-refractivity contribution in [1.29, 1.82) is 0 Å². The molecule has 0 aliphatic rings. The summed E-state index contributed by atoms with van der Waals surface area (Å²) in [5, 5.41) is 12.8. The van der Waals surface area contributed by atoms with Gasteiger partial charge in [-0.1, -0.05) is 48.0 Å². The van der Waals surface area contributed by atoms with Crippen LogP contribution in [-0.4, -0.2) is 23.6 Å². The average molecular weight is 320 g/mol. The summed E-state index contributed by atoms with van der Waals surface area (Å²) in [6.45, 7) is -0.491. The third-order valence-corrected chi connectivity index (χ3v) is 3.03. The highest BCUT2D eigenvalue weighted by Gasteiger charge is 2.19. The zero-order valence-corrected chi connectivity index (χ0v) is 12.3. The maximum atomic E-state index is 11.7. The van der Waals surface area contributed by atoms with E-state index in [2.05, 4.69) is 5.32 Å². The van der Waals surface area contributed by atoms with Crippen LogP contribution in [0.25, 0.3) is 0 Å². The Balaban J connectivity index is 1.84. The number of carbonyl (C=O) groups excluding carboxylic acids is 2. The first-order valence-electron chi connectivity index (χ1n) is 6.51. The van der Waals surface area contributed by atoms with Gasteiger partial charge in [0.25, 0.3) is 5.91 Å². The van der Waals surface area contributed by atoms with Crippen LogP contribution in [-0.2, 0) is 14.3 Å². The first-order valence-corrected chi connectivity index (χ1v) is 6.89. The Morgan fingerprint density at radius 3 is 2.55 bits per heavy atom. The molecule has 0 aliphatic carbocycles. The predicted octanol–water partition coefficient (Wildman–Crippen LogP) is 2.56. The fraction of sp³-hybridized carbons (Fsp3) is 0.125. The summed E-state index contributed by atoms with van der Waals surface area (Å²) >= 11 is 5.80. The quantitative estimate of drug-likeness (QED) is 0.830. The Hall–Kier alpha value is -2.37. The van der Waals surface area contributed by atoms with E-state index >= 15 is 0 Å². The van der Waals surface area contributed by atoms with Gasteiger partial charge in [-0.25, -0.2) is 4.79 Å². The van der Waals surface area contributed by atoms with E-state index in [1.807, 2.05) is 0 Å². The number of nitrogens with one attached hydrogen (secondary N) is 1. The SMILES string of the molecule is O=C(COC(=O)[C@@H](O)c1ccccc1)Nc1cccc(Cl)c1. The highest BCUT2D eigenvalue weighted by atomic mass is 35.5. The fourth-order valence-corrected chi connectivity index (χ4v) is 1.94. The lowest BCUT2D eigenvalue weighted by Crippen LogP contribution is -2.23. The molecule has 22 heavy (non-hydrogen) atoms.